The van der Waals surface area contributed by atoms with Gasteiger partial charge in [0.1, 0.15) is 0 Å². The maximum absolute atomic E-state index is 10.9. The van der Waals surface area contributed by atoms with Crippen molar-refractivity contribution >= 4 is 11.8 Å². The molecule has 2 N–H and O–H groups in total. The Labute approximate surface area is 99.5 Å². The van der Waals surface area contributed by atoms with Crippen molar-refractivity contribution in [2.75, 3.05) is 18.1 Å². The minimum Gasteiger partial charge on any atom is -0.862 e. The molecule has 1 fully saturated rings. The van der Waals surface area contributed by atoms with Crippen LogP contribution in [0.25, 0.3) is 0 Å². The van der Waals surface area contributed by atoms with Crippen LogP contribution in [0, 0.1) is 0 Å². The highest BCUT2D eigenvalue weighted by atomic mass is 16.5. The van der Waals surface area contributed by atoms with E-state index in [1.165, 1.54) is 13.3 Å². The number of hydrogen-bond donors (Lipinski definition) is 1. The molecule has 0 aliphatic carbocycles. The minimum atomic E-state index is -0.318. The van der Waals surface area contributed by atoms with Crippen molar-refractivity contribution in [2.24, 2.45) is 10.7 Å². The molecule has 1 aromatic rings. The van der Waals surface area contributed by atoms with Crippen molar-refractivity contribution in [3.05, 3.63) is 5.69 Å². The Hall–Kier alpha value is -1.63. The van der Waals surface area contributed by atoms with E-state index < -0.39 is 0 Å². The number of piperidine rings is 1. The molecular weight excluding hydrogens is 222 g/mol. The highest BCUT2D eigenvalue weighted by Gasteiger charge is 2.29. The zero-order valence-corrected chi connectivity index (χ0v) is 9.93. The van der Waals surface area contributed by atoms with Gasteiger partial charge in [0, 0.05) is 0 Å². The molecule has 7 heteroatoms. The molecule has 7 nitrogen and oxygen atoms in total. The first-order valence-corrected chi connectivity index (χ1v) is 5.81. The fourth-order valence-corrected chi connectivity index (χ4v) is 1.95. The summed E-state index contributed by atoms with van der Waals surface area (Å²) in [5.41, 5.74) is 6.30. The fraction of sp³-hybridized carbons (Fsp3) is 0.700. The van der Waals surface area contributed by atoms with Crippen LogP contribution in [0.15, 0.2) is 9.52 Å². The van der Waals surface area contributed by atoms with Crippen LogP contribution in [0.2, 0.25) is 0 Å². The smallest absolute Gasteiger partial charge is 0.328 e. The van der Waals surface area contributed by atoms with Gasteiger partial charge in [-0.3, -0.25) is 4.52 Å². The monoisotopic (exact) mass is 239 g/mol. The second-order valence-corrected chi connectivity index (χ2v) is 4.06. The summed E-state index contributed by atoms with van der Waals surface area (Å²) in [6.07, 6.45) is 3.49. The van der Waals surface area contributed by atoms with Gasteiger partial charge in [0.15, 0.2) is 0 Å². The molecule has 17 heavy (non-hydrogen) atoms. The molecule has 1 saturated heterocycles. The summed E-state index contributed by atoms with van der Waals surface area (Å²) in [4.78, 5) is 5.39. The van der Waals surface area contributed by atoms with E-state index >= 15 is 0 Å². The van der Waals surface area contributed by atoms with E-state index in [4.69, 9.17) is 10.3 Å². The average Bonchev–Trinajstić information content (AvgIpc) is 2.72. The Morgan fingerprint density at radius 2 is 2.24 bits per heavy atom. The third-order valence-electron chi connectivity index (χ3n) is 2.75. The Kier molecular flexibility index (Phi) is 3.58. The summed E-state index contributed by atoms with van der Waals surface area (Å²) in [5, 5.41) is 16.9. The molecule has 1 aromatic heterocycles. The van der Waals surface area contributed by atoms with Gasteiger partial charge in [0.25, 0.3) is 0 Å². The summed E-state index contributed by atoms with van der Waals surface area (Å²) >= 11 is 0. The minimum absolute atomic E-state index is 0.213. The third-order valence-corrected chi connectivity index (χ3v) is 2.75. The molecule has 1 aliphatic heterocycles. The molecule has 0 amide bonds. The third kappa shape index (κ3) is 2.55. The quantitative estimate of drug-likeness (QED) is 0.413. The number of nitrogens with zero attached hydrogens (tertiary/aromatic N) is 4. The van der Waals surface area contributed by atoms with Crippen molar-refractivity contribution in [1.29, 1.82) is 0 Å². The molecule has 0 spiro atoms. The van der Waals surface area contributed by atoms with Crippen LogP contribution in [0.3, 0.4) is 0 Å². The topological polar surface area (TPSA) is 94.6 Å². The van der Waals surface area contributed by atoms with Crippen molar-refractivity contribution in [1.82, 2.24) is 5.27 Å². The van der Waals surface area contributed by atoms with Gasteiger partial charge >= 0.3 is 11.6 Å². The molecule has 0 radical (unpaired) electrons. The Bertz CT molecular complexity index is 405. The summed E-state index contributed by atoms with van der Waals surface area (Å²) in [6, 6.07) is 0. The van der Waals surface area contributed by atoms with E-state index in [0.717, 1.165) is 25.9 Å². The normalized spacial score (nSPS) is 17.5. The van der Waals surface area contributed by atoms with Gasteiger partial charge in [-0.15, -0.1) is 0 Å². The van der Waals surface area contributed by atoms with E-state index in [0.29, 0.717) is 5.69 Å². The van der Waals surface area contributed by atoms with Crippen molar-refractivity contribution < 1.29 is 14.4 Å². The summed E-state index contributed by atoms with van der Waals surface area (Å²) in [7, 11) is 0. The first-order valence-electron chi connectivity index (χ1n) is 5.81. The highest BCUT2D eigenvalue weighted by molar-refractivity contribution is 5.71. The lowest BCUT2D eigenvalue weighted by Gasteiger charge is -2.18. The number of aromatic nitrogens is 2. The van der Waals surface area contributed by atoms with E-state index in [1.807, 2.05) is 0 Å². The Morgan fingerprint density at radius 1 is 1.53 bits per heavy atom. The zero-order valence-electron chi connectivity index (χ0n) is 9.93. The van der Waals surface area contributed by atoms with E-state index in [9.17, 15) is 5.11 Å². The molecule has 0 aromatic carbocycles. The van der Waals surface area contributed by atoms with Crippen LogP contribution in [-0.2, 0) is 6.54 Å². The highest BCUT2D eigenvalue weighted by Crippen LogP contribution is 2.14. The number of nitrogens with two attached hydrogens (primary N) is 1. The van der Waals surface area contributed by atoms with Crippen molar-refractivity contribution in [3.63, 3.8) is 0 Å². The van der Waals surface area contributed by atoms with Crippen LogP contribution >= 0.6 is 0 Å². The van der Waals surface area contributed by atoms with E-state index in [-0.39, 0.29) is 18.3 Å². The van der Waals surface area contributed by atoms with Gasteiger partial charge in [-0.05, 0) is 32.1 Å². The fourth-order valence-electron chi connectivity index (χ4n) is 1.95. The van der Waals surface area contributed by atoms with Gasteiger partial charge in [-0.1, -0.05) is 0 Å². The maximum Gasteiger partial charge on any atom is 0.328 e. The SMILES string of the molecule is C/C([O-])=N/c1on[n+](N2CCCCC2)c1CN. The van der Waals surface area contributed by atoms with Crippen LogP contribution in [0.5, 0.6) is 0 Å². The molecule has 1 aliphatic rings. The number of hydrogen-bond acceptors (Lipinski definition) is 6. The van der Waals surface area contributed by atoms with Crippen molar-refractivity contribution in [2.45, 2.75) is 32.7 Å². The Morgan fingerprint density at radius 3 is 2.82 bits per heavy atom. The zero-order chi connectivity index (χ0) is 12.3. The molecular formula is C10H17N5O2. The summed E-state index contributed by atoms with van der Waals surface area (Å²) in [5.74, 6) is -0.104. The molecule has 0 bridgehead atoms. The lowest BCUT2D eigenvalue weighted by Crippen LogP contribution is -2.63. The van der Waals surface area contributed by atoms with Gasteiger partial charge in [0.05, 0.1) is 24.4 Å². The van der Waals surface area contributed by atoms with Crippen LogP contribution < -0.4 is 20.6 Å². The predicted octanol–water partition coefficient (Wildman–Crippen LogP) is -1.05. The second kappa shape index (κ2) is 5.13. The van der Waals surface area contributed by atoms with Crippen LogP contribution in [0.1, 0.15) is 31.9 Å². The Balaban J connectivity index is 2.27. The molecule has 0 unspecified atom stereocenters. The molecule has 2 heterocycles. The maximum atomic E-state index is 10.9. The summed E-state index contributed by atoms with van der Waals surface area (Å²) in [6.45, 7) is 3.45. The van der Waals surface area contributed by atoms with Crippen molar-refractivity contribution in [3.8, 4) is 0 Å². The van der Waals surface area contributed by atoms with E-state index in [1.54, 1.807) is 4.79 Å². The predicted molar refractivity (Wildman–Crippen MR) is 59.2 cm³/mol. The van der Waals surface area contributed by atoms with E-state index in [2.05, 4.69) is 15.3 Å². The van der Waals surface area contributed by atoms with Crippen LogP contribution in [0.4, 0.5) is 5.88 Å². The van der Waals surface area contributed by atoms with Crippen LogP contribution in [-0.4, -0.2) is 24.3 Å². The van der Waals surface area contributed by atoms with Gasteiger partial charge < -0.3 is 10.8 Å². The first kappa shape index (κ1) is 11.8. The molecule has 94 valence electrons. The van der Waals surface area contributed by atoms with Gasteiger partial charge in [0.2, 0.25) is 5.27 Å². The molecule has 2 rings (SSSR count). The first-order chi connectivity index (χ1) is 8.22. The number of rotatable bonds is 3. The second-order valence-electron chi connectivity index (χ2n) is 4.06. The number of aliphatic imine (C=N–C) groups is 1. The standard InChI is InChI=1S/C10H17N5O2/c1-8(16)12-10-9(7-11)15(13-17-10)14-5-3-2-4-6-14/h2-7,11H2,1H3. The largest absolute Gasteiger partial charge is 0.862 e. The van der Waals surface area contributed by atoms with Gasteiger partial charge in [-0.25, -0.2) is 4.99 Å². The van der Waals surface area contributed by atoms with Gasteiger partial charge in [-0.2, -0.15) is 5.01 Å². The lowest BCUT2D eigenvalue weighted by molar-refractivity contribution is -0.765. The molecule has 0 atom stereocenters. The molecule has 0 saturated carbocycles. The summed E-state index contributed by atoms with van der Waals surface area (Å²) < 4.78 is 5.05. The average molecular weight is 239 g/mol. The lowest BCUT2D eigenvalue weighted by atomic mass is 10.2.